The first kappa shape index (κ1) is 24.7. The lowest BCUT2D eigenvalue weighted by Gasteiger charge is -2.33. The van der Waals surface area contributed by atoms with Crippen LogP contribution in [-0.4, -0.2) is 42.0 Å². The van der Waals surface area contributed by atoms with Crippen molar-refractivity contribution in [1.82, 2.24) is 15.2 Å². The monoisotopic (exact) mass is 493 g/mol. The van der Waals surface area contributed by atoms with Gasteiger partial charge in [0.15, 0.2) is 0 Å². The highest BCUT2D eigenvalue weighted by atomic mass is 32.1. The lowest BCUT2D eigenvalue weighted by atomic mass is 10.00. The molecule has 35 heavy (non-hydrogen) atoms. The van der Waals surface area contributed by atoms with Crippen molar-refractivity contribution in [1.29, 1.82) is 0 Å². The number of hydrogen-bond acceptors (Lipinski definition) is 6. The van der Waals surface area contributed by atoms with Gasteiger partial charge < -0.3 is 19.7 Å². The Morgan fingerprint density at radius 3 is 2.63 bits per heavy atom. The van der Waals surface area contributed by atoms with Gasteiger partial charge in [-0.15, -0.1) is 11.3 Å². The number of methoxy groups -OCH3 is 2. The van der Waals surface area contributed by atoms with Crippen LogP contribution in [0.1, 0.15) is 47.7 Å². The average Bonchev–Trinajstić information content (AvgIpc) is 3.58. The molecule has 2 heterocycles. The van der Waals surface area contributed by atoms with Gasteiger partial charge in [0.25, 0.3) is 0 Å². The second kappa shape index (κ2) is 11.8. The first-order valence-corrected chi connectivity index (χ1v) is 12.7. The van der Waals surface area contributed by atoms with Crippen LogP contribution in [0.5, 0.6) is 11.5 Å². The Labute approximate surface area is 210 Å². The third-order valence-corrected chi connectivity index (χ3v) is 7.17. The highest BCUT2D eigenvalue weighted by molar-refractivity contribution is 7.10. The van der Waals surface area contributed by atoms with Crippen molar-refractivity contribution in [3.63, 3.8) is 0 Å². The Morgan fingerprint density at radius 2 is 1.97 bits per heavy atom. The molecule has 4 rings (SSSR count). The van der Waals surface area contributed by atoms with E-state index in [9.17, 15) is 9.59 Å². The van der Waals surface area contributed by atoms with E-state index >= 15 is 0 Å². The summed E-state index contributed by atoms with van der Waals surface area (Å²) in [5, 5.41) is 5.15. The molecular weight excluding hydrogens is 462 g/mol. The van der Waals surface area contributed by atoms with Crippen LogP contribution in [0.2, 0.25) is 0 Å². The number of benzene rings is 1. The van der Waals surface area contributed by atoms with Crippen LogP contribution < -0.4 is 14.8 Å². The molecule has 2 aromatic heterocycles. The molecule has 1 saturated carbocycles. The van der Waals surface area contributed by atoms with Crippen molar-refractivity contribution < 1.29 is 19.1 Å². The number of ether oxygens (including phenoxy) is 2. The molecule has 3 aromatic rings. The quantitative estimate of drug-likeness (QED) is 0.449. The molecule has 0 radical (unpaired) electrons. The Morgan fingerprint density at radius 1 is 1.14 bits per heavy atom. The molecule has 0 spiro atoms. The highest BCUT2D eigenvalue weighted by Gasteiger charge is 2.35. The van der Waals surface area contributed by atoms with Gasteiger partial charge in [-0.2, -0.15) is 0 Å². The van der Waals surface area contributed by atoms with Crippen LogP contribution in [-0.2, 0) is 22.6 Å². The number of carbonyl (C=O) groups is 2. The number of nitrogens with one attached hydrogen (secondary N) is 1. The van der Waals surface area contributed by atoms with Crippen LogP contribution in [0.15, 0.2) is 60.2 Å². The maximum atomic E-state index is 13.9. The van der Waals surface area contributed by atoms with Gasteiger partial charge in [0.2, 0.25) is 11.8 Å². The average molecular weight is 494 g/mol. The van der Waals surface area contributed by atoms with Crippen molar-refractivity contribution in [3.8, 4) is 11.5 Å². The Balaban J connectivity index is 1.77. The zero-order valence-electron chi connectivity index (χ0n) is 20.1. The van der Waals surface area contributed by atoms with E-state index in [1.165, 1.54) is 11.3 Å². The van der Waals surface area contributed by atoms with Crippen molar-refractivity contribution in [3.05, 3.63) is 76.2 Å². The number of aromatic nitrogens is 1. The Hall–Kier alpha value is -3.39. The molecule has 1 aliphatic carbocycles. The van der Waals surface area contributed by atoms with Crippen LogP contribution in [0.3, 0.4) is 0 Å². The molecule has 7 nitrogen and oxygen atoms in total. The van der Waals surface area contributed by atoms with Crippen molar-refractivity contribution in [2.24, 2.45) is 0 Å². The van der Waals surface area contributed by atoms with Gasteiger partial charge in [-0.3, -0.25) is 14.6 Å². The molecule has 1 aliphatic rings. The Bertz CT molecular complexity index is 1110. The second-order valence-electron chi connectivity index (χ2n) is 8.64. The number of rotatable bonds is 10. The fourth-order valence-electron chi connectivity index (χ4n) is 4.53. The minimum atomic E-state index is -0.895. The molecule has 1 unspecified atom stereocenters. The van der Waals surface area contributed by atoms with Crippen LogP contribution in [0.4, 0.5) is 0 Å². The number of hydrogen-bond donors (Lipinski definition) is 1. The standard InChI is InChI=1S/C27H31N3O4S/c1-33-21-11-12-24(34-2)23(15-21)26(27(32)29-20-8-3-4-9-20)30(18-19-7-5-13-28-17-19)25(31)16-22-10-6-14-35-22/h5-7,10-15,17,20,26H,3-4,8-9,16,18H2,1-2H3,(H,29,32). The SMILES string of the molecule is COc1ccc(OC)c(C(C(=O)NC2CCCC2)N(Cc2cccnc2)C(=O)Cc2cccs2)c1. The van der Waals surface area contributed by atoms with Crippen molar-refractivity contribution in [2.75, 3.05) is 14.2 Å². The second-order valence-corrected chi connectivity index (χ2v) is 9.67. The van der Waals surface area contributed by atoms with Gasteiger partial charge in [-0.25, -0.2) is 0 Å². The zero-order valence-corrected chi connectivity index (χ0v) is 20.9. The highest BCUT2D eigenvalue weighted by Crippen LogP contribution is 2.35. The summed E-state index contributed by atoms with van der Waals surface area (Å²) in [6, 6.07) is 12.2. The van der Waals surface area contributed by atoms with E-state index in [0.29, 0.717) is 17.1 Å². The van der Waals surface area contributed by atoms with Gasteiger partial charge in [0.1, 0.15) is 17.5 Å². The molecule has 1 atom stereocenters. The van der Waals surface area contributed by atoms with E-state index in [-0.39, 0.29) is 30.8 Å². The largest absolute Gasteiger partial charge is 0.497 e. The number of thiophene rings is 1. The van der Waals surface area contributed by atoms with Gasteiger partial charge >= 0.3 is 0 Å². The third-order valence-electron chi connectivity index (χ3n) is 6.29. The normalized spacial score (nSPS) is 14.3. The minimum Gasteiger partial charge on any atom is -0.497 e. The number of pyridine rings is 1. The molecule has 0 aliphatic heterocycles. The van der Waals surface area contributed by atoms with Crippen LogP contribution >= 0.6 is 11.3 Å². The summed E-state index contributed by atoms with van der Waals surface area (Å²) in [5.41, 5.74) is 1.43. The van der Waals surface area contributed by atoms with Crippen molar-refractivity contribution >= 4 is 23.2 Å². The molecule has 1 aromatic carbocycles. The summed E-state index contributed by atoms with van der Waals surface area (Å²) < 4.78 is 11.1. The smallest absolute Gasteiger partial charge is 0.247 e. The van der Waals surface area contributed by atoms with Crippen LogP contribution in [0, 0.1) is 0 Å². The van der Waals surface area contributed by atoms with E-state index in [2.05, 4.69) is 10.3 Å². The fraction of sp³-hybridized carbons (Fsp3) is 0.370. The molecule has 8 heteroatoms. The first-order valence-electron chi connectivity index (χ1n) is 11.8. The molecular formula is C27H31N3O4S. The maximum Gasteiger partial charge on any atom is 0.247 e. The molecule has 1 N–H and O–H groups in total. The van der Waals surface area contributed by atoms with E-state index in [0.717, 1.165) is 36.1 Å². The lowest BCUT2D eigenvalue weighted by Crippen LogP contribution is -2.46. The van der Waals surface area contributed by atoms with E-state index in [1.54, 1.807) is 49.7 Å². The van der Waals surface area contributed by atoms with Gasteiger partial charge in [0.05, 0.1) is 20.6 Å². The molecule has 0 saturated heterocycles. The predicted molar refractivity (Wildman–Crippen MR) is 135 cm³/mol. The summed E-state index contributed by atoms with van der Waals surface area (Å²) in [5.74, 6) is 0.753. The van der Waals surface area contributed by atoms with E-state index < -0.39 is 6.04 Å². The van der Waals surface area contributed by atoms with E-state index in [4.69, 9.17) is 9.47 Å². The molecule has 2 amide bonds. The number of amides is 2. The first-order chi connectivity index (χ1) is 17.1. The molecule has 1 fully saturated rings. The topological polar surface area (TPSA) is 80.8 Å². The maximum absolute atomic E-state index is 13.9. The summed E-state index contributed by atoms with van der Waals surface area (Å²) in [6.07, 6.45) is 7.69. The van der Waals surface area contributed by atoms with Crippen molar-refractivity contribution in [2.45, 2.75) is 50.7 Å². The van der Waals surface area contributed by atoms with Crippen LogP contribution in [0.25, 0.3) is 0 Å². The Kier molecular flexibility index (Phi) is 8.36. The number of carbonyl (C=O) groups excluding carboxylic acids is 2. The summed E-state index contributed by atoms with van der Waals surface area (Å²) >= 11 is 1.53. The summed E-state index contributed by atoms with van der Waals surface area (Å²) in [7, 11) is 3.14. The summed E-state index contributed by atoms with van der Waals surface area (Å²) in [4.78, 5) is 34.5. The van der Waals surface area contributed by atoms with E-state index in [1.807, 2.05) is 29.6 Å². The zero-order chi connectivity index (χ0) is 24.6. The predicted octanol–water partition coefficient (Wildman–Crippen LogP) is 4.53. The van der Waals surface area contributed by atoms with Gasteiger partial charge in [0, 0.05) is 35.4 Å². The summed E-state index contributed by atoms with van der Waals surface area (Å²) in [6.45, 7) is 0.237. The molecule has 0 bridgehead atoms. The molecule has 184 valence electrons. The van der Waals surface area contributed by atoms with Gasteiger partial charge in [-0.05, 0) is 54.1 Å². The third kappa shape index (κ3) is 6.19. The lowest BCUT2D eigenvalue weighted by molar-refractivity contribution is -0.141. The fourth-order valence-corrected chi connectivity index (χ4v) is 5.23. The van der Waals surface area contributed by atoms with Gasteiger partial charge in [-0.1, -0.05) is 25.0 Å². The number of nitrogens with zero attached hydrogens (tertiary/aromatic N) is 2. The minimum absolute atomic E-state index is 0.106.